The van der Waals surface area contributed by atoms with Gasteiger partial charge in [0.2, 0.25) is 5.13 Å². The Morgan fingerprint density at radius 2 is 1.86 bits per heavy atom. The van der Waals surface area contributed by atoms with E-state index in [-0.39, 0.29) is 22.2 Å². The maximum absolute atomic E-state index is 13.8. The second-order valence-corrected chi connectivity index (χ2v) is 12.7. The SMILES string of the molecule is CCCCOc1cccc(C2C(=C(O)c3nc4c(C)cccn4c3C)C(=O)C(=O)N2c2nnc(SCc3ccccc3)s2)c1. The molecule has 6 rings (SSSR count). The summed E-state index contributed by atoms with van der Waals surface area (Å²) in [6.07, 6.45) is 3.73. The van der Waals surface area contributed by atoms with Crippen molar-refractivity contribution < 1.29 is 19.4 Å². The number of rotatable bonds is 10. The van der Waals surface area contributed by atoms with Gasteiger partial charge >= 0.3 is 5.91 Å². The van der Waals surface area contributed by atoms with Crippen LogP contribution in [0.5, 0.6) is 5.75 Å². The molecule has 5 aromatic rings. The minimum absolute atomic E-state index is 0.0569. The highest BCUT2D eigenvalue weighted by atomic mass is 32.2. The quantitative estimate of drug-likeness (QED) is 0.0446. The Kier molecular flexibility index (Phi) is 8.49. The minimum atomic E-state index is -0.963. The number of pyridine rings is 1. The molecule has 11 heteroatoms. The molecule has 1 fully saturated rings. The molecule has 4 heterocycles. The summed E-state index contributed by atoms with van der Waals surface area (Å²) in [7, 11) is 0. The molecule has 0 saturated carbocycles. The highest BCUT2D eigenvalue weighted by Crippen LogP contribution is 2.45. The maximum Gasteiger partial charge on any atom is 0.301 e. The smallest absolute Gasteiger partial charge is 0.301 e. The number of benzene rings is 2. The third-order valence-electron chi connectivity index (χ3n) is 7.50. The van der Waals surface area contributed by atoms with Crippen LogP contribution >= 0.6 is 23.1 Å². The number of amides is 1. The second-order valence-electron chi connectivity index (χ2n) is 10.5. The number of ketones is 1. The highest BCUT2D eigenvalue weighted by molar-refractivity contribution is 8.00. The first-order valence-electron chi connectivity index (χ1n) is 14.4. The van der Waals surface area contributed by atoms with Gasteiger partial charge in [-0.3, -0.25) is 14.5 Å². The van der Waals surface area contributed by atoms with Crippen molar-refractivity contribution in [2.45, 2.75) is 49.7 Å². The van der Waals surface area contributed by atoms with Gasteiger partial charge in [-0.25, -0.2) is 4.98 Å². The summed E-state index contributed by atoms with van der Waals surface area (Å²) in [5.74, 6) is -0.648. The van der Waals surface area contributed by atoms with E-state index in [0.29, 0.717) is 39.4 Å². The van der Waals surface area contributed by atoms with Crippen molar-refractivity contribution in [3.8, 4) is 5.75 Å². The number of aryl methyl sites for hydroxylation is 2. The molecule has 1 aliphatic heterocycles. The number of carbonyl (C=O) groups excluding carboxylic acids is 2. The Bertz CT molecular complexity index is 1880. The Hall–Kier alpha value is -4.48. The lowest BCUT2D eigenvalue weighted by atomic mass is 9.96. The predicted molar refractivity (Wildman–Crippen MR) is 172 cm³/mol. The number of ether oxygens (including phenoxy) is 1. The molecule has 1 N–H and O–H groups in total. The number of imidazole rings is 1. The number of hydrogen-bond acceptors (Lipinski definition) is 9. The van der Waals surface area contributed by atoms with Gasteiger partial charge in [0.25, 0.3) is 5.78 Å². The summed E-state index contributed by atoms with van der Waals surface area (Å²) in [5, 5.41) is 20.7. The average molecular weight is 626 g/mol. The average Bonchev–Trinajstić information content (AvgIpc) is 3.72. The lowest BCUT2D eigenvalue weighted by molar-refractivity contribution is -0.132. The number of aliphatic hydroxyl groups excluding tert-OH is 1. The third-order valence-corrected chi connectivity index (χ3v) is 9.63. The third kappa shape index (κ3) is 5.60. The van der Waals surface area contributed by atoms with E-state index in [1.54, 1.807) is 6.07 Å². The van der Waals surface area contributed by atoms with E-state index in [9.17, 15) is 14.7 Å². The molecule has 1 unspecified atom stereocenters. The molecule has 9 nitrogen and oxygen atoms in total. The molecule has 3 aromatic heterocycles. The number of hydrogen-bond donors (Lipinski definition) is 1. The van der Waals surface area contributed by atoms with Crippen LogP contribution in [-0.4, -0.2) is 43.0 Å². The molecule has 44 heavy (non-hydrogen) atoms. The molecule has 0 radical (unpaired) electrons. The van der Waals surface area contributed by atoms with Crippen LogP contribution < -0.4 is 9.64 Å². The van der Waals surface area contributed by atoms with Crippen LogP contribution in [-0.2, 0) is 15.3 Å². The highest BCUT2D eigenvalue weighted by Gasteiger charge is 2.49. The van der Waals surface area contributed by atoms with Gasteiger partial charge < -0.3 is 14.2 Å². The summed E-state index contributed by atoms with van der Waals surface area (Å²) in [5.41, 5.74) is 4.15. The number of anilines is 1. The van der Waals surface area contributed by atoms with Crippen molar-refractivity contribution in [1.29, 1.82) is 0 Å². The fourth-order valence-electron chi connectivity index (χ4n) is 5.21. The van der Waals surface area contributed by atoms with Crippen LogP contribution in [0.4, 0.5) is 5.13 Å². The van der Waals surface area contributed by atoms with Gasteiger partial charge in [-0.05, 0) is 55.2 Å². The number of unbranched alkanes of at least 4 members (excludes halogenated alkanes) is 1. The van der Waals surface area contributed by atoms with Gasteiger partial charge in [-0.2, -0.15) is 0 Å². The van der Waals surface area contributed by atoms with Gasteiger partial charge in [0.1, 0.15) is 17.1 Å². The van der Waals surface area contributed by atoms with Crippen LogP contribution in [0.3, 0.4) is 0 Å². The Morgan fingerprint density at radius 1 is 1.05 bits per heavy atom. The largest absolute Gasteiger partial charge is 0.505 e. The predicted octanol–water partition coefficient (Wildman–Crippen LogP) is 6.90. The van der Waals surface area contributed by atoms with Crippen molar-refractivity contribution in [1.82, 2.24) is 19.6 Å². The molecular formula is C33H31N5O4S2. The van der Waals surface area contributed by atoms with Gasteiger partial charge in [0, 0.05) is 11.9 Å². The van der Waals surface area contributed by atoms with Gasteiger partial charge in [-0.1, -0.05) is 85.0 Å². The Balaban J connectivity index is 1.44. The second kappa shape index (κ2) is 12.6. The van der Waals surface area contributed by atoms with Crippen molar-refractivity contribution >= 4 is 51.3 Å². The van der Waals surface area contributed by atoms with Crippen LogP contribution in [0, 0.1) is 13.8 Å². The first kappa shape index (κ1) is 29.6. The molecule has 2 aromatic carbocycles. The van der Waals surface area contributed by atoms with E-state index in [4.69, 9.17) is 4.74 Å². The van der Waals surface area contributed by atoms with Crippen molar-refractivity contribution in [2.24, 2.45) is 0 Å². The minimum Gasteiger partial charge on any atom is -0.505 e. The van der Waals surface area contributed by atoms with Crippen LogP contribution in [0.1, 0.15) is 53.9 Å². The van der Waals surface area contributed by atoms with Gasteiger partial charge in [0.05, 0.1) is 23.9 Å². The number of fused-ring (bicyclic) bond motifs is 1. The topological polar surface area (TPSA) is 110 Å². The van der Waals surface area contributed by atoms with E-state index >= 15 is 0 Å². The van der Waals surface area contributed by atoms with Crippen molar-refractivity contribution in [3.05, 3.63) is 107 Å². The summed E-state index contributed by atoms with van der Waals surface area (Å²) in [6.45, 7) is 6.38. The Morgan fingerprint density at radius 3 is 2.64 bits per heavy atom. The van der Waals surface area contributed by atoms with Crippen LogP contribution in [0.15, 0.2) is 82.8 Å². The maximum atomic E-state index is 13.8. The molecule has 224 valence electrons. The van der Waals surface area contributed by atoms with E-state index in [0.717, 1.165) is 24.0 Å². The fourth-order valence-corrected chi connectivity index (χ4v) is 7.03. The zero-order valence-electron chi connectivity index (χ0n) is 24.6. The van der Waals surface area contributed by atoms with Crippen LogP contribution in [0.2, 0.25) is 0 Å². The monoisotopic (exact) mass is 625 g/mol. The van der Waals surface area contributed by atoms with Crippen LogP contribution in [0.25, 0.3) is 11.4 Å². The lowest BCUT2D eigenvalue weighted by Crippen LogP contribution is -2.29. The summed E-state index contributed by atoms with van der Waals surface area (Å²) < 4.78 is 8.48. The summed E-state index contributed by atoms with van der Waals surface area (Å²) >= 11 is 2.73. The van der Waals surface area contributed by atoms with Crippen molar-refractivity contribution in [3.63, 3.8) is 0 Å². The van der Waals surface area contributed by atoms with Gasteiger partial charge in [-0.15, -0.1) is 10.2 Å². The molecule has 1 saturated heterocycles. The number of Topliss-reactive ketones (excluding diaryl/α,β-unsaturated/α-hetero) is 1. The van der Waals surface area contributed by atoms with E-state index in [1.165, 1.54) is 28.0 Å². The number of thioether (sulfide) groups is 1. The number of aromatic nitrogens is 4. The molecule has 0 aliphatic carbocycles. The zero-order chi connectivity index (χ0) is 30.8. The summed E-state index contributed by atoms with van der Waals surface area (Å²) in [6, 6.07) is 20.1. The standard InChI is InChI=1S/C33H31N5O4S2/c1-4-5-17-42-24-15-9-14-23(18-24)27-25(28(39)26-21(3)37-16-10-11-20(2)30(37)34-26)29(40)31(41)38(27)32-35-36-33(44-32)43-19-22-12-7-6-8-13-22/h6-16,18,27,39H,4-5,17,19H2,1-3H3. The zero-order valence-corrected chi connectivity index (χ0v) is 26.2. The Labute approximate surface area is 263 Å². The summed E-state index contributed by atoms with van der Waals surface area (Å²) in [4.78, 5) is 33.5. The normalized spacial score (nSPS) is 16.2. The van der Waals surface area contributed by atoms with E-state index in [2.05, 4.69) is 22.1 Å². The molecular weight excluding hydrogens is 595 g/mol. The van der Waals surface area contributed by atoms with Gasteiger partial charge in [0.15, 0.2) is 10.1 Å². The lowest BCUT2D eigenvalue weighted by Gasteiger charge is -2.23. The molecule has 1 atom stereocenters. The fraction of sp³-hybridized carbons (Fsp3) is 0.242. The first-order valence-corrected chi connectivity index (χ1v) is 16.2. The number of aliphatic hydroxyl groups is 1. The van der Waals surface area contributed by atoms with Crippen molar-refractivity contribution in [2.75, 3.05) is 11.5 Å². The number of carbonyl (C=O) groups is 2. The molecule has 1 amide bonds. The number of nitrogens with zero attached hydrogens (tertiary/aromatic N) is 5. The molecule has 1 aliphatic rings. The van der Waals surface area contributed by atoms with E-state index in [1.807, 2.05) is 85.1 Å². The van der Waals surface area contributed by atoms with E-state index < -0.39 is 17.7 Å². The molecule has 0 spiro atoms. The molecule has 0 bridgehead atoms. The first-order chi connectivity index (χ1) is 21.4.